The molecule has 0 saturated carbocycles. The Balaban J connectivity index is 0.00000200. The van der Waals surface area contributed by atoms with Crippen LogP contribution in [0.1, 0.15) is 6.92 Å². The molecule has 21 heavy (non-hydrogen) atoms. The zero-order valence-corrected chi connectivity index (χ0v) is 13.5. The number of non-ortho nitro benzene ring substituents is 1. The second-order valence-corrected chi connectivity index (χ2v) is 4.76. The number of halogens is 2. The van der Waals surface area contributed by atoms with Crippen molar-refractivity contribution in [3.8, 4) is 5.75 Å². The van der Waals surface area contributed by atoms with Gasteiger partial charge >= 0.3 is 0 Å². The quantitative estimate of drug-likeness (QED) is 0.658. The van der Waals surface area contributed by atoms with Crippen LogP contribution >= 0.6 is 24.8 Å². The van der Waals surface area contributed by atoms with Gasteiger partial charge in [-0.15, -0.1) is 24.8 Å². The van der Waals surface area contributed by atoms with Crippen LogP contribution in [0.5, 0.6) is 5.75 Å². The topological polar surface area (TPSA) is 67.6 Å². The summed E-state index contributed by atoms with van der Waals surface area (Å²) in [6.07, 6.45) is 0. The number of nitro groups is 1. The molecule has 1 aliphatic heterocycles. The summed E-state index contributed by atoms with van der Waals surface area (Å²) in [6.45, 7) is 6.73. The van der Waals surface area contributed by atoms with Gasteiger partial charge in [0.25, 0.3) is 5.69 Å². The predicted octanol–water partition coefficient (Wildman–Crippen LogP) is 2.11. The lowest BCUT2D eigenvalue weighted by atomic mass is 10.2. The molecule has 1 unspecified atom stereocenters. The molecule has 6 nitrogen and oxygen atoms in total. The van der Waals surface area contributed by atoms with Crippen molar-refractivity contribution in [2.45, 2.75) is 13.0 Å². The van der Waals surface area contributed by atoms with Gasteiger partial charge in [0.15, 0.2) is 0 Å². The van der Waals surface area contributed by atoms with Crippen molar-refractivity contribution in [3.05, 3.63) is 34.4 Å². The molecule has 0 aliphatic carbocycles. The highest BCUT2D eigenvalue weighted by atomic mass is 35.5. The molecule has 8 heteroatoms. The SMILES string of the molecule is CC1CN(CCOc2ccc([N+](=O)[O-])cc2)CCN1.Cl.Cl. The number of rotatable bonds is 5. The maximum Gasteiger partial charge on any atom is 0.269 e. The first-order chi connectivity index (χ1) is 9.15. The number of benzene rings is 1. The second-order valence-electron chi connectivity index (χ2n) is 4.76. The third-order valence-corrected chi connectivity index (χ3v) is 3.18. The van der Waals surface area contributed by atoms with Crippen LogP contribution in [0.15, 0.2) is 24.3 Å². The summed E-state index contributed by atoms with van der Waals surface area (Å²) in [6, 6.07) is 6.72. The van der Waals surface area contributed by atoms with Gasteiger partial charge in [0.05, 0.1) is 4.92 Å². The number of nitrogens with one attached hydrogen (secondary N) is 1. The molecule has 1 heterocycles. The van der Waals surface area contributed by atoms with E-state index in [0.29, 0.717) is 18.4 Å². The van der Waals surface area contributed by atoms with E-state index in [4.69, 9.17) is 4.74 Å². The minimum absolute atomic E-state index is 0. The van der Waals surface area contributed by atoms with Crippen LogP contribution < -0.4 is 10.1 Å². The highest BCUT2D eigenvalue weighted by Crippen LogP contribution is 2.17. The highest BCUT2D eigenvalue weighted by molar-refractivity contribution is 5.85. The number of ether oxygens (including phenoxy) is 1. The maximum atomic E-state index is 10.5. The zero-order chi connectivity index (χ0) is 13.7. The molecule has 0 spiro atoms. The molecule has 1 fully saturated rings. The van der Waals surface area contributed by atoms with Crippen LogP contribution in [0.2, 0.25) is 0 Å². The van der Waals surface area contributed by atoms with Gasteiger partial charge in [-0.3, -0.25) is 15.0 Å². The van der Waals surface area contributed by atoms with Gasteiger partial charge < -0.3 is 10.1 Å². The Bertz CT molecular complexity index is 431. The first-order valence-electron chi connectivity index (χ1n) is 6.48. The summed E-state index contributed by atoms with van der Waals surface area (Å²) in [5.74, 6) is 0.675. The van der Waals surface area contributed by atoms with E-state index < -0.39 is 4.92 Å². The van der Waals surface area contributed by atoms with E-state index in [9.17, 15) is 10.1 Å². The normalized spacial score (nSPS) is 18.2. The van der Waals surface area contributed by atoms with Crippen LogP contribution in [0.25, 0.3) is 0 Å². The number of piperazine rings is 1. The van der Waals surface area contributed by atoms with E-state index >= 15 is 0 Å². The average Bonchev–Trinajstić information content (AvgIpc) is 2.39. The van der Waals surface area contributed by atoms with Crippen molar-refractivity contribution >= 4 is 30.5 Å². The third kappa shape index (κ3) is 6.48. The molecule has 120 valence electrons. The molecular weight excluding hydrogens is 317 g/mol. The van der Waals surface area contributed by atoms with Crippen molar-refractivity contribution in [2.75, 3.05) is 32.8 Å². The molecule has 0 amide bonds. The standard InChI is InChI=1S/C13H19N3O3.2ClH/c1-11-10-15(7-6-14-11)8-9-19-13-4-2-12(3-5-13)16(17)18;;/h2-5,11,14H,6-10H2,1H3;2*1H. The van der Waals surface area contributed by atoms with E-state index in [1.807, 2.05) is 0 Å². The van der Waals surface area contributed by atoms with Gasteiger partial charge in [-0.2, -0.15) is 0 Å². The molecule has 0 aromatic heterocycles. The smallest absolute Gasteiger partial charge is 0.269 e. The van der Waals surface area contributed by atoms with Crippen molar-refractivity contribution < 1.29 is 9.66 Å². The molecule has 1 saturated heterocycles. The second kappa shape index (κ2) is 9.78. The molecule has 2 rings (SSSR count). The Morgan fingerprint density at radius 2 is 2.05 bits per heavy atom. The Kier molecular flexibility index (Phi) is 9.28. The minimum Gasteiger partial charge on any atom is -0.492 e. The lowest BCUT2D eigenvalue weighted by Crippen LogP contribution is -2.50. The fraction of sp³-hybridized carbons (Fsp3) is 0.538. The molecular formula is C13H21Cl2N3O3. The predicted molar refractivity (Wildman–Crippen MR) is 87.0 cm³/mol. The summed E-state index contributed by atoms with van der Waals surface area (Å²) in [4.78, 5) is 12.5. The monoisotopic (exact) mass is 337 g/mol. The number of nitrogens with zero attached hydrogens (tertiary/aromatic N) is 2. The van der Waals surface area contributed by atoms with E-state index in [-0.39, 0.29) is 30.5 Å². The Morgan fingerprint density at radius 1 is 1.38 bits per heavy atom. The van der Waals surface area contributed by atoms with Crippen LogP contribution in [0, 0.1) is 10.1 Å². The summed E-state index contributed by atoms with van der Waals surface area (Å²) < 4.78 is 5.59. The van der Waals surface area contributed by atoms with Crippen LogP contribution in [0.4, 0.5) is 5.69 Å². The summed E-state index contributed by atoms with van der Waals surface area (Å²) in [5, 5.41) is 13.9. The van der Waals surface area contributed by atoms with Gasteiger partial charge in [0.2, 0.25) is 0 Å². The van der Waals surface area contributed by atoms with Crippen molar-refractivity contribution in [3.63, 3.8) is 0 Å². The first-order valence-corrected chi connectivity index (χ1v) is 6.48. The lowest BCUT2D eigenvalue weighted by Gasteiger charge is -2.31. The average molecular weight is 338 g/mol. The van der Waals surface area contributed by atoms with E-state index in [1.54, 1.807) is 12.1 Å². The van der Waals surface area contributed by atoms with Crippen molar-refractivity contribution in [1.29, 1.82) is 0 Å². The van der Waals surface area contributed by atoms with Gasteiger partial charge in [-0.05, 0) is 19.1 Å². The molecule has 1 aliphatic rings. The maximum absolute atomic E-state index is 10.5. The summed E-state index contributed by atoms with van der Waals surface area (Å²) >= 11 is 0. The number of hydrogen-bond donors (Lipinski definition) is 1. The third-order valence-electron chi connectivity index (χ3n) is 3.18. The molecule has 0 bridgehead atoms. The van der Waals surface area contributed by atoms with Gasteiger partial charge in [-0.1, -0.05) is 0 Å². The van der Waals surface area contributed by atoms with Crippen LogP contribution in [-0.4, -0.2) is 48.7 Å². The first kappa shape index (κ1) is 19.9. The molecule has 1 N–H and O–H groups in total. The Labute approximate surface area is 136 Å². The zero-order valence-electron chi connectivity index (χ0n) is 11.9. The van der Waals surface area contributed by atoms with E-state index in [2.05, 4.69) is 17.1 Å². The van der Waals surface area contributed by atoms with Crippen LogP contribution in [-0.2, 0) is 0 Å². The van der Waals surface area contributed by atoms with E-state index in [1.165, 1.54) is 12.1 Å². The largest absolute Gasteiger partial charge is 0.492 e. The summed E-state index contributed by atoms with van der Waals surface area (Å²) in [5.41, 5.74) is 0.0864. The van der Waals surface area contributed by atoms with Gasteiger partial charge in [-0.25, -0.2) is 0 Å². The van der Waals surface area contributed by atoms with Gasteiger partial charge in [0, 0.05) is 44.4 Å². The Hall–Kier alpha value is -1.08. The van der Waals surface area contributed by atoms with Crippen LogP contribution in [0.3, 0.4) is 0 Å². The minimum atomic E-state index is -0.411. The number of hydrogen-bond acceptors (Lipinski definition) is 5. The van der Waals surface area contributed by atoms with E-state index in [0.717, 1.165) is 26.2 Å². The van der Waals surface area contributed by atoms with Crippen molar-refractivity contribution in [2.24, 2.45) is 0 Å². The molecule has 1 aromatic rings. The lowest BCUT2D eigenvalue weighted by molar-refractivity contribution is -0.384. The van der Waals surface area contributed by atoms with Crippen molar-refractivity contribution in [1.82, 2.24) is 10.2 Å². The highest BCUT2D eigenvalue weighted by Gasteiger charge is 2.14. The fourth-order valence-electron chi connectivity index (χ4n) is 2.17. The fourth-order valence-corrected chi connectivity index (χ4v) is 2.17. The molecule has 1 aromatic carbocycles. The summed E-state index contributed by atoms with van der Waals surface area (Å²) in [7, 11) is 0. The molecule has 1 atom stereocenters. The Morgan fingerprint density at radius 3 is 2.62 bits per heavy atom. The molecule has 0 radical (unpaired) electrons. The van der Waals surface area contributed by atoms with Gasteiger partial charge in [0.1, 0.15) is 12.4 Å². The number of nitro benzene ring substituents is 1.